The van der Waals surface area contributed by atoms with Crippen LogP contribution in [-0.4, -0.2) is 37.8 Å². The number of carbonyl (C=O) groups excluding carboxylic acids is 1. The summed E-state index contributed by atoms with van der Waals surface area (Å²) >= 11 is 5.87. The van der Waals surface area contributed by atoms with Crippen LogP contribution in [0.4, 0.5) is 4.79 Å². The zero-order chi connectivity index (χ0) is 14.6. The van der Waals surface area contributed by atoms with Crippen LogP contribution < -0.4 is 5.32 Å². The third-order valence-electron chi connectivity index (χ3n) is 1.82. The van der Waals surface area contributed by atoms with Gasteiger partial charge in [-0.15, -0.1) is 5.10 Å². The van der Waals surface area contributed by atoms with Crippen molar-refractivity contribution in [3.05, 3.63) is 10.8 Å². The lowest BCUT2D eigenvalue weighted by atomic mass is 10.2. The topological polar surface area (TPSA) is 106 Å². The largest absolute Gasteiger partial charge is 0.480 e. The normalized spacial score (nSPS) is 11.2. The number of aliphatic carboxylic acids is 1. The number of carboxylic acid groups (broad SMARTS) is 1. The van der Waals surface area contributed by atoms with Crippen molar-refractivity contribution in [2.24, 2.45) is 0 Å². The van der Waals surface area contributed by atoms with Crippen molar-refractivity contribution in [1.82, 2.24) is 20.3 Å². The van der Waals surface area contributed by atoms with Crippen molar-refractivity contribution >= 4 is 23.7 Å². The summed E-state index contributed by atoms with van der Waals surface area (Å²) in [6.07, 6.45) is -0.614. The van der Waals surface area contributed by atoms with E-state index in [-0.39, 0.29) is 17.4 Å². The van der Waals surface area contributed by atoms with Gasteiger partial charge in [-0.05, 0) is 20.8 Å². The Morgan fingerprint density at radius 1 is 1.47 bits per heavy atom. The second-order valence-electron chi connectivity index (χ2n) is 4.73. The maximum atomic E-state index is 11.4. The molecule has 0 atom stereocenters. The van der Waals surface area contributed by atoms with Crippen LogP contribution in [0.3, 0.4) is 0 Å². The van der Waals surface area contributed by atoms with Gasteiger partial charge in [0.05, 0.1) is 6.54 Å². The van der Waals surface area contributed by atoms with E-state index < -0.39 is 24.2 Å². The Bertz CT molecular complexity index is 480. The number of nitrogens with one attached hydrogen (secondary N) is 1. The molecule has 8 nitrogen and oxygen atoms in total. The highest BCUT2D eigenvalue weighted by atomic mass is 35.5. The molecule has 1 rings (SSSR count). The van der Waals surface area contributed by atoms with E-state index in [1.807, 2.05) is 0 Å². The molecule has 1 aromatic heterocycles. The lowest BCUT2D eigenvalue weighted by Crippen LogP contribution is -2.32. The van der Waals surface area contributed by atoms with Crippen LogP contribution in [-0.2, 0) is 22.6 Å². The van der Waals surface area contributed by atoms with Crippen LogP contribution >= 0.6 is 11.6 Å². The maximum Gasteiger partial charge on any atom is 0.407 e. The number of amides is 1. The summed E-state index contributed by atoms with van der Waals surface area (Å²) in [7, 11) is 0. The van der Waals surface area contributed by atoms with Gasteiger partial charge in [0, 0.05) is 0 Å². The van der Waals surface area contributed by atoms with E-state index >= 15 is 0 Å². The SMILES string of the molecule is CC(C)(C)OC(=O)NCc1nnn(CC(=O)O)c1Cl. The predicted octanol–water partition coefficient (Wildman–Crippen LogP) is 1.04. The number of carboxylic acids is 1. The minimum absolute atomic E-state index is 0.00731. The molecule has 0 bridgehead atoms. The van der Waals surface area contributed by atoms with Crippen LogP contribution in [0.25, 0.3) is 0 Å². The van der Waals surface area contributed by atoms with Crippen molar-refractivity contribution in [3.8, 4) is 0 Å². The highest BCUT2D eigenvalue weighted by molar-refractivity contribution is 6.30. The second-order valence-corrected chi connectivity index (χ2v) is 5.09. The Morgan fingerprint density at radius 2 is 2.11 bits per heavy atom. The number of rotatable bonds is 4. The molecule has 0 spiro atoms. The molecule has 0 aromatic carbocycles. The summed E-state index contributed by atoms with van der Waals surface area (Å²) in [5.74, 6) is -1.08. The van der Waals surface area contributed by atoms with Gasteiger partial charge in [-0.25, -0.2) is 9.48 Å². The Labute approximate surface area is 114 Å². The molecule has 0 radical (unpaired) electrons. The van der Waals surface area contributed by atoms with E-state index in [2.05, 4.69) is 15.6 Å². The summed E-state index contributed by atoms with van der Waals surface area (Å²) < 4.78 is 6.05. The van der Waals surface area contributed by atoms with Crippen LogP contribution in [0.1, 0.15) is 26.5 Å². The molecule has 9 heteroatoms. The molecule has 0 saturated carbocycles. The lowest BCUT2D eigenvalue weighted by Gasteiger charge is -2.19. The molecule has 0 aliphatic heterocycles. The van der Waals surface area contributed by atoms with Gasteiger partial charge in [0.1, 0.15) is 17.8 Å². The average Bonchev–Trinajstić information content (AvgIpc) is 2.54. The van der Waals surface area contributed by atoms with E-state index in [0.717, 1.165) is 4.68 Å². The first-order valence-electron chi connectivity index (χ1n) is 5.45. The van der Waals surface area contributed by atoms with E-state index in [0.29, 0.717) is 0 Å². The van der Waals surface area contributed by atoms with E-state index in [1.54, 1.807) is 20.8 Å². The number of halogens is 1. The number of aromatic nitrogens is 3. The Kier molecular flexibility index (Phi) is 4.71. The minimum Gasteiger partial charge on any atom is -0.480 e. The molecule has 2 N–H and O–H groups in total. The number of alkyl carbamates (subject to hydrolysis) is 1. The van der Waals surface area contributed by atoms with Gasteiger partial charge < -0.3 is 15.2 Å². The van der Waals surface area contributed by atoms with Crippen molar-refractivity contribution in [2.75, 3.05) is 0 Å². The smallest absolute Gasteiger partial charge is 0.407 e. The third-order valence-corrected chi connectivity index (χ3v) is 2.24. The van der Waals surface area contributed by atoms with Crippen molar-refractivity contribution < 1.29 is 19.4 Å². The number of ether oxygens (including phenoxy) is 1. The maximum absolute atomic E-state index is 11.4. The summed E-state index contributed by atoms with van der Waals surface area (Å²) in [5, 5.41) is 18.4. The summed E-state index contributed by atoms with van der Waals surface area (Å²) in [6.45, 7) is 4.83. The molecule has 1 aromatic rings. The number of hydrogen-bond acceptors (Lipinski definition) is 5. The molecule has 1 heterocycles. The fourth-order valence-electron chi connectivity index (χ4n) is 1.14. The molecule has 0 unspecified atom stereocenters. The Morgan fingerprint density at radius 3 is 2.63 bits per heavy atom. The fraction of sp³-hybridized carbons (Fsp3) is 0.600. The van der Waals surface area contributed by atoms with Gasteiger partial charge >= 0.3 is 12.1 Å². The van der Waals surface area contributed by atoms with Crippen LogP contribution in [0.2, 0.25) is 5.15 Å². The van der Waals surface area contributed by atoms with E-state index in [4.69, 9.17) is 21.4 Å². The predicted molar refractivity (Wildman–Crippen MR) is 65.7 cm³/mol. The lowest BCUT2D eigenvalue weighted by molar-refractivity contribution is -0.137. The fourth-order valence-corrected chi connectivity index (χ4v) is 1.34. The van der Waals surface area contributed by atoms with Crippen molar-refractivity contribution in [1.29, 1.82) is 0 Å². The first-order valence-corrected chi connectivity index (χ1v) is 5.83. The monoisotopic (exact) mass is 290 g/mol. The first kappa shape index (κ1) is 15.2. The quantitative estimate of drug-likeness (QED) is 0.858. The molecular formula is C10H15ClN4O4. The van der Waals surface area contributed by atoms with Crippen LogP contribution in [0.15, 0.2) is 0 Å². The van der Waals surface area contributed by atoms with Gasteiger partial charge in [0.25, 0.3) is 0 Å². The molecule has 19 heavy (non-hydrogen) atoms. The molecular weight excluding hydrogens is 276 g/mol. The summed E-state index contributed by atoms with van der Waals surface area (Å²) in [4.78, 5) is 21.9. The third kappa shape index (κ3) is 5.12. The highest BCUT2D eigenvalue weighted by Gasteiger charge is 2.18. The van der Waals surface area contributed by atoms with E-state index in [9.17, 15) is 9.59 Å². The molecule has 0 saturated heterocycles. The minimum atomic E-state index is -1.08. The molecule has 0 fully saturated rings. The summed E-state index contributed by atoms with van der Waals surface area (Å²) in [5.41, 5.74) is -0.330. The highest BCUT2D eigenvalue weighted by Crippen LogP contribution is 2.13. The number of hydrogen-bond donors (Lipinski definition) is 2. The van der Waals surface area contributed by atoms with Crippen molar-refractivity contribution in [3.63, 3.8) is 0 Å². The van der Waals surface area contributed by atoms with Crippen LogP contribution in [0.5, 0.6) is 0 Å². The molecule has 1 amide bonds. The Hall–Kier alpha value is -1.83. The van der Waals surface area contributed by atoms with Gasteiger partial charge in [0.2, 0.25) is 0 Å². The molecule has 0 aliphatic rings. The first-order chi connectivity index (χ1) is 8.69. The number of carbonyl (C=O) groups is 2. The number of nitrogens with zero attached hydrogens (tertiary/aromatic N) is 3. The van der Waals surface area contributed by atoms with Gasteiger partial charge in [-0.1, -0.05) is 16.8 Å². The van der Waals surface area contributed by atoms with Crippen LogP contribution in [0, 0.1) is 0 Å². The molecule has 0 aliphatic carbocycles. The van der Waals surface area contributed by atoms with Gasteiger partial charge in [-0.2, -0.15) is 0 Å². The molecule has 106 valence electrons. The van der Waals surface area contributed by atoms with Gasteiger partial charge in [0.15, 0.2) is 5.15 Å². The zero-order valence-corrected chi connectivity index (χ0v) is 11.6. The van der Waals surface area contributed by atoms with Crippen molar-refractivity contribution in [2.45, 2.75) is 39.5 Å². The van der Waals surface area contributed by atoms with E-state index in [1.165, 1.54) is 0 Å². The van der Waals surface area contributed by atoms with Gasteiger partial charge in [-0.3, -0.25) is 4.79 Å². The second kappa shape index (κ2) is 5.87. The standard InChI is InChI=1S/C10H15ClN4O4/c1-10(2,3)19-9(18)12-4-6-8(11)15(14-13-6)5-7(16)17/h4-5H2,1-3H3,(H,12,18)(H,16,17). The zero-order valence-electron chi connectivity index (χ0n) is 10.8. The summed E-state index contributed by atoms with van der Waals surface area (Å²) in [6, 6.07) is 0. The average molecular weight is 291 g/mol. The Balaban J connectivity index is 2.57.